The molecule has 5 heteroatoms. The fourth-order valence-corrected chi connectivity index (χ4v) is 7.37. The molecular weight excluding hydrogens is 258 g/mol. The second-order valence-electron chi connectivity index (χ2n) is 6.90. The van der Waals surface area contributed by atoms with Crippen molar-refractivity contribution in [1.29, 1.82) is 0 Å². The first-order chi connectivity index (χ1) is 8.67. The summed E-state index contributed by atoms with van der Waals surface area (Å²) in [5, 5.41) is 0. The van der Waals surface area contributed by atoms with Gasteiger partial charge in [0, 0.05) is 17.9 Å². The maximum atomic E-state index is 6.47. The molecule has 0 spiro atoms. The Bertz CT molecular complexity index is 352. The first-order valence-electron chi connectivity index (χ1n) is 7.45. The van der Waals surface area contributed by atoms with Crippen LogP contribution in [0.25, 0.3) is 0 Å². The zero-order valence-electron chi connectivity index (χ0n) is 13.2. The highest BCUT2D eigenvalue weighted by Crippen LogP contribution is 2.52. The molecule has 1 unspecified atom stereocenters. The Kier molecular flexibility index (Phi) is 3.91. The van der Waals surface area contributed by atoms with Crippen LogP contribution >= 0.6 is 0 Å². The summed E-state index contributed by atoms with van der Waals surface area (Å²) in [5.74, 6) is 0.698. The minimum Gasteiger partial charge on any atom is -0.370 e. The molecule has 19 heavy (non-hydrogen) atoms. The first kappa shape index (κ1) is 15.4. The van der Waals surface area contributed by atoms with Crippen LogP contribution in [0.1, 0.15) is 48.0 Å². The second-order valence-corrected chi connectivity index (χ2v) is 9.41. The molecule has 2 bridgehead atoms. The van der Waals surface area contributed by atoms with Gasteiger partial charge in [0.1, 0.15) is 0 Å². The fraction of sp³-hybridized carbons (Fsp3) is 1.00. The predicted molar refractivity (Wildman–Crippen MR) is 77.8 cm³/mol. The van der Waals surface area contributed by atoms with Gasteiger partial charge < -0.3 is 19.0 Å². The molecule has 0 aromatic heterocycles. The predicted octanol–water partition coefficient (Wildman–Crippen LogP) is 2.55. The molecule has 0 aliphatic carbocycles. The molecule has 112 valence electrons. The highest BCUT2D eigenvalue weighted by atomic mass is 28.4. The summed E-state index contributed by atoms with van der Waals surface area (Å²) >= 11 is 0. The van der Waals surface area contributed by atoms with Crippen molar-refractivity contribution >= 4 is 8.80 Å². The average molecular weight is 287 g/mol. The lowest BCUT2D eigenvalue weighted by Crippen LogP contribution is -2.73. The number of nitrogens with two attached hydrogens (primary N) is 1. The SMILES string of the molecule is C[C@@H]1O[Si]2(CCCN)OC(C)(C)[C@H](C)[C@@](C)(O2)[C@@H]1C. The van der Waals surface area contributed by atoms with Gasteiger partial charge in [0.2, 0.25) is 0 Å². The van der Waals surface area contributed by atoms with Crippen molar-refractivity contribution in [2.45, 2.75) is 71.3 Å². The standard InChI is InChI=1S/C14H29NO3Si/c1-10-11(2)16-19(9-7-8-15)17-13(4,5)12(3)14(10,6)18-19/h10-12H,7-9,15H2,1-6H3/t10-,11+,12+,14+,19?/m1/s1. The van der Waals surface area contributed by atoms with Crippen LogP contribution in [-0.2, 0) is 13.3 Å². The molecule has 0 aromatic rings. The van der Waals surface area contributed by atoms with Crippen LogP contribution in [0, 0.1) is 11.8 Å². The second kappa shape index (κ2) is 4.81. The molecule has 2 rings (SSSR count). The Morgan fingerprint density at radius 3 is 2.32 bits per heavy atom. The van der Waals surface area contributed by atoms with Crippen LogP contribution in [0.4, 0.5) is 0 Å². The molecule has 5 atom stereocenters. The molecule has 4 nitrogen and oxygen atoms in total. The highest BCUT2D eigenvalue weighted by Gasteiger charge is 2.65. The average Bonchev–Trinajstić information content (AvgIpc) is 2.31. The van der Waals surface area contributed by atoms with Crippen LogP contribution in [0.5, 0.6) is 0 Å². The third kappa shape index (κ3) is 2.40. The number of hydrogen-bond acceptors (Lipinski definition) is 4. The van der Waals surface area contributed by atoms with Gasteiger partial charge in [0.15, 0.2) is 0 Å². The van der Waals surface area contributed by atoms with Gasteiger partial charge in [-0.25, -0.2) is 0 Å². The third-order valence-corrected chi connectivity index (χ3v) is 8.64. The number of hydrogen-bond donors (Lipinski definition) is 1. The molecule has 0 amide bonds. The topological polar surface area (TPSA) is 53.7 Å². The zero-order chi connectivity index (χ0) is 14.5. The van der Waals surface area contributed by atoms with Gasteiger partial charge in [-0.3, -0.25) is 0 Å². The zero-order valence-corrected chi connectivity index (χ0v) is 14.2. The monoisotopic (exact) mass is 287 g/mol. The molecule has 2 aliphatic rings. The van der Waals surface area contributed by atoms with E-state index in [1.807, 2.05) is 0 Å². The maximum absolute atomic E-state index is 6.47. The van der Waals surface area contributed by atoms with E-state index in [0.29, 0.717) is 18.4 Å². The van der Waals surface area contributed by atoms with Crippen molar-refractivity contribution in [2.75, 3.05) is 6.54 Å². The van der Waals surface area contributed by atoms with Gasteiger partial charge in [0.25, 0.3) is 0 Å². The van der Waals surface area contributed by atoms with E-state index in [9.17, 15) is 0 Å². The molecule has 2 N–H and O–H groups in total. The largest absolute Gasteiger partial charge is 0.502 e. The Labute approximate surface area is 118 Å². The lowest BCUT2D eigenvalue weighted by atomic mass is 9.71. The summed E-state index contributed by atoms with van der Waals surface area (Å²) in [6.45, 7) is 13.8. The molecule has 2 heterocycles. The Morgan fingerprint density at radius 2 is 1.74 bits per heavy atom. The Hall–Kier alpha value is 0.0569. The van der Waals surface area contributed by atoms with E-state index in [0.717, 1.165) is 12.5 Å². The van der Waals surface area contributed by atoms with Gasteiger partial charge in [-0.05, 0) is 40.7 Å². The summed E-state index contributed by atoms with van der Waals surface area (Å²) in [5.41, 5.74) is 5.28. The number of rotatable bonds is 3. The van der Waals surface area contributed by atoms with Crippen molar-refractivity contribution < 1.29 is 13.3 Å². The van der Waals surface area contributed by atoms with Crippen molar-refractivity contribution in [1.82, 2.24) is 0 Å². The van der Waals surface area contributed by atoms with E-state index in [1.54, 1.807) is 0 Å². The molecular formula is C14H29NO3Si. The van der Waals surface area contributed by atoms with Gasteiger partial charge in [-0.2, -0.15) is 0 Å². The van der Waals surface area contributed by atoms with Crippen LogP contribution < -0.4 is 5.73 Å². The molecule has 0 aromatic carbocycles. The van der Waals surface area contributed by atoms with E-state index in [1.165, 1.54) is 0 Å². The summed E-state index contributed by atoms with van der Waals surface area (Å²) in [4.78, 5) is 0. The molecule has 2 saturated heterocycles. The fourth-order valence-electron chi connectivity index (χ4n) is 3.49. The van der Waals surface area contributed by atoms with Gasteiger partial charge in [-0.1, -0.05) is 13.8 Å². The lowest BCUT2D eigenvalue weighted by molar-refractivity contribution is -0.242. The van der Waals surface area contributed by atoms with E-state index in [4.69, 9.17) is 19.0 Å². The van der Waals surface area contributed by atoms with Crippen LogP contribution in [0.2, 0.25) is 6.04 Å². The number of fused-ring (bicyclic) bond motifs is 2. The first-order valence-corrected chi connectivity index (χ1v) is 9.38. The summed E-state index contributed by atoms with van der Waals surface area (Å²) in [6.07, 6.45) is 1.08. The van der Waals surface area contributed by atoms with E-state index in [2.05, 4.69) is 41.5 Å². The lowest BCUT2D eigenvalue weighted by Gasteiger charge is -2.62. The van der Waals surface area contributed by atoms with Crippen molar-refractivity contribution in [3.8, 4) is 0 Å². The summed E-state index contributed by atoms with van der Waals surface area (Å²) in [6, 6.07) is 0.826. The van der Waals surface area contributed by atoms with Crippen molar-refractivity contribution in [2.24, 2.45) is 17.6 Å². The molecule has 2 fully saturated rings. The van der Waals surface area contributed by atoms with Crippen molar-refractivity contribution in [3.05, 3.63) is 0 Å². The molecule has 2 aliphatic heterocycles. The van der Waals surface area contributed by atoms with Crippen LogP contribution in [0.3, 0.4) is 0 Å². The highest BCUT2D eigenvalue weighted by molar-refractivity contribution is 6.61. The molecule has 0 radical (unpaired) electrons. The minimum absolute atomic E-state index is 0.166. The van der Waals surface area contributed by atoms with E-state index in [-0.39, 0.29) is 17.3 Å². The third-order valence-electron chi connectivity index (χ3n) is 5.36. The summed E-state index contributed by atoms with van der Waals surface area (Å²) in [7, 11) is -2.59. The van der Waals surface area contributed by atoms with Crippen LogP contribution in [0.15, 0.2) is 0 Å². The van der Waals surface area contributed by atoms with Crippen molar-refractivity contribution in [3.63, 3.8) is 0 Å². The van der Waals surface area contributed by atoms with E-state index >= 15 is 0 Å². The van der Waals surface area contributed by atoms with E-state index < -0.39 is 8.80 Å². The minimum atomic E-state index is -2.59. The maximum Gasteiger partial charge on any atom is 0.502 e. The van der Waals surface area contributed by atoms with Crippen LogP contribution in [-0.4, -0.2) is 32.7 Å². The molecule has 0 saturated carbocycles. The normalized spacial score (nSPS) is 49.1. The quantitative estimate of drug-likeness (QED) is 0.811. The van der Waals surface area contributed by atoms with Gasteiger partial charge in [0.05, 0.1) is 17.3 Å². The van der Waals surface area contributed by atoms with Gasteiger partial charge in [-0.15, -0.1) is 0 Å². The Morgan fingerprint density at radius 1 is 1.11 bits per heavy atom. The Balaban J connectivity index is 2.36. The smallest absolute Gasteiger partial charge is 0.370 e. The van der Waals surface area contributed by atoms with Gasteiger partial charge >= 0.3 is 8.80 Å². The summed E-state index contributed by atoms with van der Waals surface area (Å²) < 4.78 is 19.1.